The molecule has 0 radical (unpaired) electrons. The van der Waals surface area contributed by atoms with Gasteiger partial charge in [-0.2, -0.15) is 0 Å². The van der Waals surface area contributed by atoms with Crippen molar-refractivity contribution in [1.82, 2.24) is 5.32 Å². The fourth-order valence-corrected chi connectivity index (χ4v) is 3.82. The second-order valence-corrected chi connectivity index (χ2v) is 12.3. The molecular formula is C18H29NSi. The molecule has 1 aliphatic carbocycles. The van der Waals surface area contributed by atoms with Crippen LogP contribution in [0.15, 0.2) is 42.1 Å². The average Bonchev–Trinajstić information content (AvgIpc) is 2.84. The zero-order chi connectivity index (χ0) is 14.6. The first-order valence-corrected chi connectivity index (χ1v) is 11.5. The Morgan fingerprint density at radius 1 is 1.15 bits per heavy atom. The van der Waals surface area contributed by atoms with Crippen LogP contribution in [-0.2, 0) is 0 Å². The second kappa shape index (κ2) is 6.73. The third-order valence-electron chi connectivity index (χ3n) is 4.18. The zero-order valence-corrected chi connectivity index (χ0v) is 14.4. The van der Waals surface area contributed by atoms with Gasteiger partial charge in [0.25, 0.3) is 0 Å². The molecule has 3 atom stereocenters. The number of nitrogens with one attached hydrogen (secondary N) is 1. The summed E-state index contributed by atoms with van der Waals surface area (Å²) in [5, 5.41) is 3.85. The zero-order valence-electron chi connectivity index (χ0n) is 13.4. The normalized spacial score (nSPS) is 25.2. The first-order chi connectivity index (χ1) is 9.46. The molecule has 110 valence electrons. The molecule has 1 aliphatic rings. The molecule has 1 N–H and O–H groups in total. The van der Waals surface area contributed by atoms with Crippen molar-refractivity contribution in [2.45, 2.75) is 57.9 Å². The molecule has 0 bridgehead atoms. The van der Waals surface area contributed by atoms with Crippen molar-refractivity contribution in [3.05, 3.63) is 47.7 Å². The summed E-state index contributed by atoms with van der Waals surface area (Å²) in [6, 6.07) is 11.9. The second-order valence-electron chi connectivity index (χ2n) is 7.23. The summed E-state index contributed by atoms with van der Waals surface area (Å²) >= 11 is 0. The van der Waals surface area contributed by atoms with E-state index in [-0.39, 0.29) is 0 Å². The third kappa shape index (κ3) is 4.60. The third-order valence-corrected chi connectivity index (χ3v) is 5.37. The van der Waals surface area contributed by atoms with E-state index in [2.05, 4.69) is 74.0 Å². The van der Waals surface area contributed by atoms with Crippen LogP contribution in [0.4, 0.5) is 0 Å². The number of rotatable bonds is 5. The molecule has 2 heteroatoms. The maximum Gasteiger partial charge on any atom is 0.0683 e. The highest BCUT2D eigenvalue weighted by Crippen LogP contribution is 2.29. The van der Waals surface area contributed by atoms with Gasteiger partial charge in [-0.25, -0.2) is 0 Å². The summed E-state index contributed by atoms with van der Waals surface area (Å²) in [6.07, 6.45) is 6.53. The molecule has 20 heavy (non-hydrogen) atoms. The van der Waals surface area contributed by atoms with E-state index in [1.807, 2.05) is 0 Å². The van der Waals surface area contributed by atoms with E-state index in [1.54, 1.807) is 0 Å². The first-order valence-electron chi connectivity index (χ1n) is 7.96. The van der Waals surface area contributed by atoms with Crippen LogP contribution in [0.2, 0.25) is 19.6 Å². The predicted molar refractivity (Wildman–Crippen MR) is 91.6 cm³/mol. The Kier molecular flexibility index (Phi) is 5.22. The maximum atomic E-state index is 3.85. The van der Waals surface area contributed by atoms with Crippen LogP contribution in [0.25, 0.3) is 0 Å². The Morgan fingerprint density at radius 3 is 2.50 bits per heavy atom. The van der Waals surface area contributed by atoms with E-state index in [4.69, 9.17) is 0 Å². The lowest BCUT2D eigenvalue weighted by molar-refractivity contribution is 0.412. The Labute approximate surface area is 125 Å². The average molecular weight is 288 g/mol. The largest absolute Gasteiger partial charge is 0.307 e. The molecule has 1 saturated carbocycles. The monoisotopic (exact) mass is 287 g/mol. The number of hydrogen-bond acceptors (Lipinski definition) is 1. The van der Waals surface area contributed by atoms with Gasteiger partial charge in [-0.05, 0) is 31.2 Å². The fourth-order valence-electron chi connectivity index (χ4n) is 3.00. The summed E-state index contributed by atoms with van der Waals surface area (Å²) in [4.78, 5) is 0. The lowest BCUT2D eigenvalue weighted by Crippen LogP contribution is -2.34. The van der Waals surface area contributed by atoms with E-state index in [0.29, 0.717) is 12.1 Å². The molecule has 1 aromatic rings. The van der Waals surface area contributed by atoms with Crippen LogP contribution >= 0.6 is 0 Å². The van der Waals surface area contributed by atoms with Crippen LogP contribution in [-0.4, -0.2) is 14.1 Å². The van der Waals surface area contributed by atoms with Gasteiger partial charge < -0.3 is 5.32 Å². The van der Waals surface area contributed by atoms with Gasteiger partial charge >= 0.3 is 0 Å². The summed E-state index contributed by atoms with van der Waals surface area (Å²) in [7, 11) is -1.07. The van der Waals surface area contributed by atoms with Crippen molar-refractivity contribution in [3.63, 3.8) is 0 Å². The lowest BCUT2D eigenvalue weighted by Gasteiger charge is -2.24. The van der Waals surface area contributed by atoms with Crippen molar-refractivity contribution >= 4 is 8.07 Å². The van der Waals surface area contributed by atoms with E-state index >= 15 is 0 Å². The van der Waals surface area contributed by atoms with Crippen molar-refractivity contribution in [1.29, 1.82) is 0 Å². The molecule has 1 nitrogen and oxygen atoms in total. The van der Waals surface area contributed by atoms with Crippen LogP contribution in [0.1, 0.15) is 37.8 Å². The Bertz CT molecular complexity index is 432. The van der Waals surface area contributed by atoms with Crippen LogP contribution in [0.5, 0.6) is 0 Å². The Hall–Kier alpha value is -0.863. The van der Waals surface area contributed by atoms with Gasteiger partial charge in [-0.3, -0.25) is 0 Å². The SMILES string of the molecule is C[C@@H](NC1CCCC1/C=C\[Si](C)(C)C)c1ccccc1. The molecular weight excluding hydrogens is 258 g/mol. The minimum atomic E-state index is -1.07. The quantitative estimate of drug-likeness (QED) is 0.756. The molecule has 0 spiro atoms. The molecule has 0 amide bonds. The van der Waals surface area contributed by atoms with Crippen molar-refractivity contribution in [3.8, 4) is 0 Å². The predicted octanol–water partition coefficient (Wildman–Crippen LogP) is 4.94. The molecule has 0 heterocycles. The number of benzene rings is 1. The summed E-state index contributed by atoms with van der Waals surface area (Å²) in [6.45, 7) is 9.52. The van der Waals surface area contributed by atoms with Crippen LogP contribution in [0, 0.1) is 5.92 Å². The minimum absolute atomic E-state index is 0.446. The highest BCUT2D eigenvalue weighted by Gasteiger charge is 2.26. The van der Waals surface area contributed by atoms with E-state index in [0.717, 1.165) is 5.92 Å². The van der Waals surface area contributed by atoms with Gasteiger partial charge in [-0.1, -0.05) is 68.2 Å². The molecule has 0 aliphatic heterocycles. The van der Waals surface area contributed by atoms with E-state index < -0.39 is 8.07 Å². The molecule has 1 fully saturated rings. The van der Waals surface area contributed by atoms with Crippen LogP contribution < -0.4 is 5.32 Å². The van der Waals surface area contributed by atoms with Gasteiger partial charge in [0, 0.05) is 12.1 Å². The highest BCUT2D eigenvalue weighted by molar-refractivity contribution is 6.80. The molecule has 0 aromatic heterocycles. The van der Waals surface area contributed by atoms with Crippen molar-refractivity contribution in [2.24, 2.45) is 5.92 Å². The Balaban J connectivity index is 1.96. The van der Waals surface area contributed by atoms with Crippen molar-refractivity contribution in [2.75, 3.05) is 0 Å². The Morgan fingerprint density at radius 2 is 1.85 bits per heavy atom. The van der Waals surface area contributed by atoms with Crippen LogP contribution in [0.3, 0.4) is 0 Å². The topological polar surface area (TPSA) is 12.0 Å². The number of hydrogen-bond donors (Lipinski definition) is 1. The lowest BCUT2D eigenvalue weighted by atomic mass is 10.0. The summed E-state index contributed by atoms with van der Waals surface area (Å²) in [5.41, 5.74) is 3.91. The van der Waals surface area contributed by atoms with Crippen molar-refractivity contribution < 1.29 is 0 Å². The first kappa shape index (κ1) is 15.5. The standard InChI is InChI=1S/C18H29NSi/c1-15(16-9-6-5-7-10-16)19-18-12-8-11-17(18)13-14-20(2,3)4/h5-7,9-10,13-15,17-19H,8,11-12H2,1-4H3/b14-13-/t15-,17?,18?/m1/s1. The van der Waals surface area contributed by atoms with Gasteiger partial charge in [-0.15, -0.1) is 0 Å². The maximum absolute atomic E-state index is 3.85. The molecule has 1 aromatic carbocycles. The van der Waals surface area contributed by atoms with Gasteiger partial charge in [0.05, 0.1) is 8.07 Å². The molecule has 2 rings (SSSR count). The summed E-state index contributed by atoms with van der Waals surface area (Å²) < 4.78 is 0. The van der Waals surface area contributed by atoms with Gasteiger partial charge in [0.1, 0.15) is 0 Å². The smallest absolute Gasteiger partial charge is 0.0683 e. The van der Waals surface area contributed by atoms with Gasteiger partial charge in [0.15, 0.2) is 0 Å². The van der Waals surface area contributed by atoms with E-state index in [9.17, 15) is 0 Å². The van der Waals surface area contributed by atoms with Gasteiger partial charge in [0.2, 0.25) is 0 Å². The fraction of sp³-hybridized carbons (Fsp3) is 0.556. The van der Waals surface area contributed by atoms with E-state index in [1.165, 1.54) is 24.8 Å². The minimum Gasteiger partial charge on any atom is -0.307 e. The molecule has 2 unspecified atom stereocenters. The molecule has 0 saturated heterocycles. The summed E-state index contributed by atoms with van der Waals surface area (Å²) in [5.74, 6) is 0.730. The highest BCUT2D eigenvalue weighted by atomic mass is 28.3.